The molecule has 0 unspecified atom stereocenters. The summed E-state index contributed by atoms with van der Waals surface area (Å²) in [6.07, 6.45) is 1.69. The number of hydrogen-bond donors (Lipinski definition) is 1. The highest BCUT2D eigenvalue weighted by molar-refractivity contribution is 14.1. The zero-order chi connectivity index (χ0) is 12.4. The number of carbonyl (C=O) groups excluding carboxylic acids is 2. The Hall–Kier alpha value is -1.02. The maximum Gasteiger partial charge on any atom is 0.290 e. The minimum atomic E-state index is -0.342. The van der Waals surface area contributed by atoms with E-state index in [1.165, 1.54) is 0 Å². The van der Waals surface area contributed by atoms with Crippen molar-refractivity contribution in [2.45, 2.75) is 0 Å². The van der Waals surface area contributed by atoms with Crippen molar-refractivity contribution in [3.05, 3.63) is 32.2 Å². The van der Waals surface area contributed by atoms with Gasteiger partial charge in [0.1, 0.15) is 5.75 Å². The van der Waals surface area contributed by atoms with E-state index in [1.807, 2.05) is 18.2 Å². The Labute approximate surface area is 116 Å². The summed E-state index contributed by atoms with van der Waals surface area (Å²) in [5, 5.41) is 1.89. The van der Waals surface area contributed by atoms with Gasteiger partial charge in [-0.2, -0.15) is 0 Å². The first-order valence-corrected chi connectivity index (χ1v) is 6.58. The Morgan fingerprint density at radius 1 is 1.41 bits per heavy atom. The van der Waals surface area contributed by atoms with Gasteiger partial charge in [0.15, 0.2) is 0 Å². The molecule has 0 aromatic heterocycles. The third-order valence-electron chi connectivity index (χ3n) is 2.12. The summed E-state index contributed by atoms with van der Waals surface area (Å²) in [4.78, 5) is 22.8. The highest BCUT2D eigenvalue weighted by Gasteiger charge is 2.24. The summed E-state index contributed by atoms with van der Waals surface area (Å²) >= 11 is 3.07. The SMILES string of the molecule is COc1ccc(/C=C2/SC(=O)NC2=O)cc1I. The van der Waals surface area contributed by atoms with Gasteiger partial charge in [0.25, 0.3) is 11.1 Å². The fraction of sp³-hybridized carbons (Fsp3) is 0.0909. The number of methoxy groups -OCH3 is 1. The second kappa shape index (κ2) is 5.09. The molecule has 1 aliphatic heterocycles. The normalized spacial score (nSPS) is 17.4. The van der Waals surface area contributed by atoms with Crippen molar-refractivity contribution >= 4 is 51.6 Å². The molecule has 0 bridgehead atoms. The maximum atomic E-state index is 11.3. The number of amides is 2. The van der Waals surface area contributed by atoms with Gasteiger partial charge in [0, 0.05) is 0 Å². The molecular weight excluding hydrogens is 353 g/mol. The molecule has 1 saturated heterocycles. The Morgan fingerprint density at radius 3 is 2.71 bits per heavy atom. The van der Waals surface area contributed by atoms with Crippen LogP contribution >= 0.6 is 34.4 Å². The predicted molar refractivity (Wildman–Crippen MR) is 74.8 cm³/mol. The number of carbonyl (C=O) groups is 2. The molecule has 6 heteroatoms. The van der Waals surface area contributed by atoms with E-state index in [0.29, 0.717) is 4.91 Å². The van der Waals surface area contributed by atoms with Crippen molar-refractivity contribution in [1.82, 2.24) is 5.32 Å². The number of benzene rings is 1. The molecule has 1 aliphatic rings. The minimum Gasteiger partial charge on any atom is -0.496 e. The first kappa shape index (κ1) is 12.4. The van der Waals surface area contributed by atoms with Gasteiger partial charge < -0.3 is 4.74 Å². The van der Waals surface area contributed by atoms with Crippen molar-refractivity contribution in [2.24, 2.45) is 0 Å². The number of thioether (sulfide) groups is 1. The number of ether oxygens (including phenoxy) is 1. The lowest BCUT2D eigenvalue weighted by Crippen LogP contribution is -2.17. The van der Waals surface area contributed by atoms with Crippen LogP contribution in [0.15, 0.2) is 23.1 Å². The Morgan fingerprint density at radius 2 is 2.18 bits per heavy atom. The molecule has 1 aromatic rings. The lowest BCUT2D eigenvalue weighted by Gasteiger charge is -2.03. The van der Waals surface area contributed by atoms with Gasteiger partial charge in [0.05, 0.1) is 15.6 Å². The van der Waals surface area contributed by atoms with Crippen LogP contribution in [-0.2, 0) is 4.79 Å². The van der Waals surface area contributed by atoms with E-state index in [1.54, 1.807) is 13.2 Å². The van der Waals surface area contributed by atoms with Crippen LogP contribution in [-0.4, -0.2) is 18.3 Å². The van der Waals surface area contributed by atoms with Crippen LogP contribution < -0.4 is 10.1 Å². The molecule has 17 heavy (non-hydrogen) atoms. The minimum absolute atomic E-state index is 0.329. The van der Waals surface area contributed by atoms with Crippen LogP contribution in [0.1, 0.15) is 5.56 Å². The zero-order valence-corrected chi connectivity index (χ0v) is 11.8. The molecule has 2 amide bonds. The standard InChI is InChI=1S/C11H8INO3S/c1-16-8-3-2-6(4-7(8)12)5-9-10(14)13-11(15)17-9/h2-5H,1H3,(H,13,14,15)/b9-5+. The lowest BCUT2D eigenvalue weighted by atomic mass is 10.2. The van der Waals surface area contributed by atoms with Gasteiger partial charge in [-0.25, -0.2) is 0 Å². The molecule has 0 aliphatic carbocycles. The number of rotatable bonds is 2. The van der Waals surface area contributed by atoms with Crippen LogP contribution in [0.25, 0.3) is 6.08 Å². The summed E-state index contributed by atoms with van der Waals surface area (Å²) in [6, 6.07) is 5.56. The molecule has 0 atom stereocenters. The van der Waals surface area contributed by atoms with Crippen molar-refractivity contribution in [2.75, 3.05) is 7.11 Å². The average molecular weight is 361 g/mol. The fourth-order valence-corrected chi connectivity index (χ4v) is 2.79. The summed E-state index contributed by atoms with van der Waals surface area (Å²) < 4.78 is 6.09. The van der Waals surface area contributed by atoms with Crippen LogP contribution in [0.4, 0.5) is 4.79 Å². The number of imide groups is 1. The van der Waals surface area contributed by atoms with Crippen molar-refractivity contribution in [1.29, 1.82) is 0 Å². The van der Waals surface area contributed by atoms with Gasteiger partial charge in [-0.3, -0.25) is 14.9 Å². The molecule has 2 rings (SSSR count). The smallest absolute Gasteiger partial charge is 0.290 e. The van der Waals surface area contributed by atoms with E-state index in [2.05, 4.69) is 27.9 Å². The van der Waals surface area contributed by atoms with Gasteiger partial charge in [-0.05, 0) is 58.1 Å². The van der Waals surface area contributed by atoms with E-state index in [0.717, 1.165) is 26.6 Å². The molecule has 1 fully saturated rings. The summed E-state index contributed by atoms with van der Waals surface area (Å²) in [5.74, 6) is 0.443. The van der Waals surface area contributed by atoms with E-state index < -0.39 is 0 Å². The van der Waals surface area contributed by atoms with Crippen molar-refractivity contribution in [3.63, 3.8) is 0 Å². The summed E-state index contributed by atoms with van der Waals surface area (Å²) in [6.45, 7) is 0. The molecule has 1 heterocycles. The molecule has 0 radical (unpaired) electrons. The zero-order valence-electron chi connectivity index (χ0n) is 8.82. The molecule has 0 saturated carbocycles. The second-order valence-electron chi connectivity index (χ2n) is 3.25. The highest BCUT2D eigenvalue weighted by atomic mass is 127. The summed E-state index contributed by atoms with van der Waals surface area (Å²) in [5.41, 5.74) is 0.863. The average Bonchev–Trinajstić information content (AvgIpc) is 2.58. The Balaban J connectivity index is 2.30. The number of halogens is 1. The summed E-state index contributed by atoms with van der Waals surface area (Å²) in [7, 11) is 1.61. The molecule has 1 aromatic carbocycles. The van der Waals surface area contributed by atoms with Gasteiger partial charge in [-0.15, -0.1) is 0 Å². The first-order chi connectivity index (χ1) is 8.10. The van der Waals surface area contributed by atoms with Crippen molar-refractivity contribution < 1.29 is 14.3 Å². The van der Waals surface area contributed by atoms with Gasteiger partial charge >= 0.3 is 0 Å². The van der Waals surface area contributed by atoms with Crippen LogP contribution in [0.2, 0.25) is 0 Å². The van der Waals surface area contributed by atoms with E-state index >= 15 is 0 Å². The molecule has 1 N–H and O–H groups in total. The van der Waals surface area contributed by atoms with Crippen LogP contribution in [0.3, 0.4) is 0 Å². The largest absolute Gasteiger partial charge is 0.496 e. The molecule has 0 spiro atoms. The highest BCUT2D eigenvalue weighted by Crippen LogP contribution is 2.28. The van der Waals surface area contributed by atoms with Gasteiger partial charge in [0.2, 0.25) is 0 Å². The third-order valence-corrected chi connectivity index (χ3v) is 3.77. The van der Waals surface area contributed by atoms with E-state index in [4.69, 9.17) is 4.74 Å². The van der Waals surface area contributed by atoms with Crippen LogP contribution in [0, 0.1) is 3.57 Å². The van der Waals surface area contributed by atoms with E-state index in [-0.39, 0.29) is 11.1 Å². The molecule has 88 valence electrons. The number of nitrogens with one attached hydrogen (secondary N) is 1. The maximum absolute atomic E-state index is 11.3. The fourth-order valence-electron chi connectivity index (χ4n) is 1.34. The van der Waals surface area contributed by atoms with Gasteiger partial charge in [-0.1, -0.05) is 6.07 Å². The third kappa shape index (κ3) is 2.81. The molecular formula is C11H8INO3S. The molecule has 4 nitrogen and oxygen atoms in total. The predicted octanol–water partition coefficient (Wildman–Crippen LogP) is 2.62. The van der Waals surface area contributed by atoms with Crippen molar-refractivity contribution in [3.8, 4) is 5.75 Å². The lowest BCUT2D eigenvalue weighted by molar-refractivity contribution is -0.115. The Kier molecular flexibility index (Phi) is 3.72. The Bertz CT molecular complexity index is 527. The second-order valence-corrected chi connectivity index (χ2v) is 5.42. The topological polar surface area (TPSA) is 55.4 Å². The van der Waals surface area contributed by atoms with E-state index in [9.17, 15) is 9.59 Å². The first-order valence-electron chi connectivity index (χ1n) is 4.68. The number of hydrogen-bond acceptors (Lipinski definition) is 4. The monoisotopic (exact) mass is 361 g/mol. The van der Waals surface area contributed by atoms with Crippen LogP contribution in [0.5, 0.6) is 5.75 Å². The quantitative estimate of drug-likeness (QED) is 0.650.